The smallest absolute Gasteiger partial charge is 0.328 e. The summed E-state index contributed by atoms with van der Waals surface area (Å²) in [4.78, 5) is 53.4. The van der Waals surface area contributed by atoms with E-state index in [1.807, 2.05) is 23.6 Å². The molecule has 31 heavy (non-hydrogen) atoms. The number of anilines is 2. The van der Waals surface area contributed by atoms with Gasteiger partial charge in [0.15, 0.2) is 0 Å². The molecule has 0 radical (unpaired) electrons. The summed E-state index contributed by atoms with van der Waals surface area (Å²) in [5.74, 6) is -1.01. The minimum absolute atomic E-state index is 0.0198. The summed E-state index contributed by atoms with van der Waals surface area (Å²) in [5.41, 5.74) is 0.888. The quantitative estimate of drug-likeness (QED) is 0.431. The molecule has 1 aliphatic rings. The number of carbonyl (C=O) groups is 3. The van der Waals surface area contributed by atoms with Gasteiger partial charge in [-0.15, -0.1) is 0 Å². The molecule has 3 aromatic rings. The molecule has 3 N–H and O–H groups in total. The number of benzene rings is 1. The van der Waals surface area contributed by atoms with Crippen LogP contribution in [0.15, 0.2) is 53.0 Å². The van der Waals surface area contributed by atoms with Crippen molar-refractivity contribution in [3.63, 3.8) is 0 Å². The van der Waals surface area contributed by atoms with Crippen molar-refractivity contribution in [1.29, 1.82) is 0 Å². The number of aryl methyl sites for hydroxylation is 1. The molecule has 4 rings (SSSR count). The third-order valence-electron chi connectivity index (χ3n) is 4.67. The van der Waals surface area contributed by atoms with Crippen LogP contribution in [0, 0.1) is 6.92 Å². The van der Waals surface area contributed by atoms with Crippen molar-refractivity contribution in [3.8, 4) is 5.75 Å². The van der Waals surface area contributed by atoms with Crippen LogP contribution in [-0.2, 0) is 9.59 Å². The third-order valence-corrected chi connectivity index (χ3v) is 4.67. The van der Waals surface area contributed by atoms with E-state index in [9.17, 15) is 19.2 Å². The largest absolute Gasteiger partial charge is 0.497 e. The lowest BCUT2D eigenvalue weighted by molar-refractivity contribution is -0.123. The number of fused-ring (bicyclic) bond motifs is 1. The number of ether oxygens (including phenoxy) is 1. The maximum atomic E-state index is 13.2. The molecule has 0 saturated carbocycles. The summed E-state index contributed by atoms with van der Waals surface area (Å²) in [7, 11) is 1.55. The molecule has 10 nitrogen and oxygen atoms in total. The first-order valence-corrected chi connectivity index (χ1v) is 9.19. The van der Waals surface area contributed by atoms with E-state index in [-0.39, 0.29) is 17.0 Å². The monoisotopic (exact) mass is 419 g/mol. The predicted octanol–water partition coefficient (Wildman–Crippen LogP) is 1.50. The SMILES string of the molecule is COc1ccc(Nc2nc3c(C)cccn3c(=O)c2C=C2C(=O)NC(=O)NC2=O)cc1. The number of imide groups is 2. The maximum Gasteiger partial charge on any atom is 0.328 e. The van der Waals surface area contributed by atoms with E-state index in [1.165, 1.54) is 4.40 Å². The second-order valence-corrected chi connectivity index (χ2v) is 6.71. The molecule has 0 atom stereocenters. The van der Waals surface area contributed by atoms with Crippen LogP contribution in [0.5, 0.6) is 5.75 Å². The average molecular weight is 419 g/mol. The Balaban J connectivity index is 1.90. The lowest BCUT2D eigenvalue weighted by atomic mass is 10.1. The zero-order valence-corrected chi connectivity index (χ0v) is 16.6. The highest BCUT2D eigenvalue weighted by Crippen LogP contribution is 2.23. The second-order valence-electron chi connectivity index (χ2n) is 6.71. The highest BCUT2D eigenvalue weighted by Gasteiger charge is 2.29. The maximum absolute atomic E-state index is 13.2. The van der Waals surface area contributed by atoms with Crippen molar-refractivity contribution >= 4 is 41.1 Å². The van der Waals surface area contributed by atoms with Crippen LogP contribution in [0.4, 0.5) is 16.3 Å². The second kappa shape index (κ2) is 7.75. The van der Waals surface area contributed by atoms with Crippen LogP contribution >= 0.6 is 0 Å². The van der Waals surface area contributed by atoms with E-state index < -0.39 is 23.4 Å². The van der Waals surface area contributed by atoms with Crippen molar-refractivity contribution in [3.05, 3.63) is 69.6 Å². The molecule has 1 fully saturated rings. The fraction of sp³-hybridized carbons (Fsp3) is 0.0952. The number of rotatable bonds is 4. The zero-order chi connectivity index (χ0) is 22.1. The van der Waals surface area contributed by atoms with E-state index in [2.05, 4.69) is 10.3 Å². The van der Waals surface area contributed by atoms with Crippen molar-refractivity contribution in [2.75, 3.05) is 12.4 Å². The van der Waals surface area contributed by atoms with Gasteiger partial charge in [-0.2, -0.15) is 0 Å². The molecule has 0 spiro atoms. The van der Waals surface area contributed by atoms with Crippen molar-refractivity contribution < 1.29 is 19.1 Å². The van der Waals surface area contributed by atoms with Crippen molar-refractivity contribution in [2.24, 2.45) is 0 Å². The summed E-state index contributed by atoms with van der Waals surface area (Å²) in [5, 5.41) is 7.03. The van der Waals surface area contributed by atoms with Gasteiger partial charge in [0.2, 0.25) is 0 Å². The van der Waals surface area contributed by atoms with Gasteiger partial charge in [-0.1, -0.05) is 6.07 Å². The molecule has 1 saturated heterocycles. The van der Waals surface area contributed by atoms with Gasteiger partial charge in [-0.05, 0) is 48.9 Å². The number of barbiturate groups is 1. The average Bonchev–Trinajstić information content (AvgIpc) is 2.74. The summed E-state index contributed by atoms with van der Waals surface area (Å²) in [6.45, 7) is 1.81. The lowest BCUT2D eigenvalue weighted by Crippen LogP contribution is -2.51. The summed E-state index contributed by atoms with van der Waals surface area (Å²) in [6, 6.07) is 9.50. The van der Waals surface area contributed by atoms with Gasteiger partial charge in [-0.3, -0.25) is 29.4 Å². The van der Waals surface area contributed by atoms with Gasteiger partial charge >= 0.3 is 6.03 Å². The molecule has 0 aliphatic carbocycles. The fourth-order valence-electron chi connectivity index (χ4n) is 3.10. The number of aromatic nitrogens is 2. The Hall–Kier alpha value is -4.47. The van der Waals surface area contributed by atoms with Gasteiger partial charge in [0.1, 0.15) is 22.8 Å². The molecule has 156 valence electrons. The predicted molar refractivity (Wildman–Crippen MR) is 112 cm³/mol. The van der Waals surface area contributed by atoms with Crippen LogP contribution < -0.4 is 26.2 Å². The highest BCUT2D eigenvalue weighted by atomic mass is 16.5. The van der Waals surface area contributed by atoms with Crippen LogP contribution in [0.3, 0.4) is 0 Å². The van der Waals surface area contributed by atoms with Crippen LogP contribution in [0.1, 0.15) is 11.1 Å². The molecule has 0 unspecified atom stereocenters. The lowest BCUT2D eigenvalue weighted by Gasteiger charge is -2.16. The van der Waals surface area contributed by atoms with E-state index in [0.717, 1.165) is 11.6 Å². The van der Waals surface area contributed by atoms with E-state index >= 15 is 0 Å². The minimum atomic E-state index is -0.923. The third kappa shape index (κ3) is 3.73. The Kier molecular flexibility index (Phi) is 4.96. The first-order valence-electron chi connectivity index (χ1n) is 9.19. The summed E-state index contributed by atoms with van der Waals surface area (Å²) >= 11 is 0. The Morgan fingerprint density at radius 3 is 2.35 bits per heavy atom. The topological polar surface area (TPSA) is 131 Å². The van der Waals surface area contributed by atoms with Crippen LogP contribution in [0.25, 0.3) is 11.7 Å². The molecule has 10 heteroatoms. The number of urea groups is 1. The number of nitrogens with zero attached hydrogens (tertiary/aromatic N) is 2. The Morgan fingerprint density at radius 2 is 1.71 bits per heavy atom. The molecule has 4 amide bonds. The van der Waals surface area contributed by atoms with E-state index in [0.29, 0.717) is 17.1 Å². The minimum Gasteiger partial charge on any atom is -0.497 e. The Morgan fingerprint density at radius 1 is 1.03 bits per heavy atom. The standard InChI is InChI=1S/C21H17N5O5/c1-11-4-3-9-26-17(11)23-16(22-12-5-7-13(31-2)8-6-12)14(20(26)29)10-15-18(27)24-21(30)25-19(15)28/h3-10,22H,1-2H3,(H2,24,25,27,28,30). The first kappa shape index (κ1) is 19.8. The number of nitrogens with one attached hydrogen (secondary N) is 3. The molecule has 2 aromatic heterocycles. The number of amides is 4. The van der Waals surface area contributed by atoms with E-state index in [4.69, 9.17) is 4.74 Å². The van der Waals surface area contributed by atoms with Crippen molar-refractivity contribution in [2.45, 2.75) is 6.92 Å². The van der Waals surface area contributed by atoms with Gasteiger partial charge < -0.3 is 10.1 Å². The Labute approximate surface area is 175 Å². The Bertz CT molecular complexity index is 1300. The fourth-order valence-corrected chi connectivity index (χ4v) is 3.10. The van der Waals surface area contributed by atoms with Gasteiger partial charge in [0.25, 0.3) is 17.4 Å². The number of methoxy groups -OCH3 is 1. The molecule has 1 aromatic carbocycles. The zero-order valence-electron chi connectivity index (χ0n) is 16.6. The molecular formula is C21H17N5O5. The molecular weight excluding hydrogens is 402 g/mol. The van der Waals surface area contributed by atoms with Gasteiger partial charge in [0.05, 0.1) is 12.7 Å². The van der Waals surface area contributed by atoms with E-state index in [1.54, 1.807) is 43.6 Å². The van der Waals surface area contributed by atoms with Gasteiger partial charge in [-0.25, -0.2) is 9.78 Å². The number of hydrogen-bond donors (Lipinski definition) is 3. The van der Waals surface area contributed by atoms with Crippen LogP contribution in [-0.4, -0.2) is 34.3 Å². The summed E-state index contributed by atoms with van der Waals surface area (Å²) < 4.78 is 6.47. The normalized spacial score (nSPS) is 13.6. The van der Waals surface area contributed by atoms with Crippen LogP contribution in [0.2, 0.25) is 0 Å². The molecule has 0 bridgehead atoms. The van der Waals surface area contributed by atoms with Gasteiger partial charge in [0, 0.05) is 11.9 Å². The molecule has 1 aliphatic heterocycles. The van der Waals surface area contributed by atoms with Crippen molar-refractivity contribution in [1.82, 2.24) is 20.0 Å². The number of pyridine rings is 1. The number of hydrogen-bond acceptors (Lipinski definition) is 7. The first-order chi connectivity index (χ1) is 14.9. The summed E-state index contributed by atoms with van der Waals surface area (Å²) in [6.07, 6.45) is 2.66. The highest BCUT2D eigenvalue weighted by molar-refractivity contribution is 6.31. The number of carbonyl (C=O) groups excluding carboxylic acids is 3. The molecule has 3 heterocycles.